The highest BCUT2D eigenvalue weighted by Gasteiger charge is 2.61. The first-order valence-corrected chi connectivity index (χ1v) is 11.2. The quantitative estimate of drug-likeness (QED) is 0.209. The maximum Gasteiger partial charge on any atom is 0.310 e. The molecule has 8 heteroatoms. The van der Waals surface area contributed by atoms with Gasteiger partial charge in [-0.3, -0.25) is 4.79 Å². The van der Waals surface area contributed by atoms with Gasteiger partial charge in [0.25, 0.3) is 0 Å². The molecule has 3 nitrogen and oxygen atoms in total. The van der Waals surface area contributed by atoms with Crippen LogP contribution in [0.15, 0.2) is 9.47 Å². The highest BCUT2D eigenvalue weighted by Crippen LogP contribution is 2.60. The number of anilines is 1. The molecule has 0 spiro atoms. The Labute approximate surface area is 186 Å². The molecule has 1 saturated carbocycles. The number of carbonyl (C=O) groups is 1. The SMILES string of the molecule is CCCCCNc1c(F)c(C)c(F)c(F)c1COC(=O)[C@@H]1[C@H](C=C(Br)Br)C1(C)C. The van der Waals surface area contributed by atoms with Gasteiger partial charge < -0.3 is 10.1 Å². The monoisotopic (exact) mass is 539 g/mol. The van der Waals surface area contributed by atoms with Crippen molar-refractivity contribution in [2.24, 2.45) is 17.3 Å². The molecule has 0 aromatic heterocycles. The average molecular weight is 541 g/mol. The summed E-state index contributed by atoms with van der Waals surface area (Å²) in [5.41, 5.74) is -1.15. The van der Waals surface area contributed by atoms with Crippen molar-refractivity contribution in [3.63, 3.8) is 0 Å². The second kappa shape index (κ2) is 9.86. The Morgan fingerprint density at radius 3 is 2.41 bits per heavy atom. The van der Waals surface area contributed by atoms with Gasteiger partial charge in [0.1, 0.15) is 6.61 Å². The minimum Gasteiger partial charge on any atom is -0.460 e. The van der Waals surface area contributed by atoms with Crippen molar-refractivity contribution >= 4 is 43.5 Å². The molecule has 0 amide bonds. The van der Waals surface area contributed by atoms with E-state index in [-0.39, 0.29) is 22.6 Å². The summed E-state index contributed by atoms with van der Waals surface area (Å²) >= 11 is 6.56. The molecule has 1 aromatic carbocycles. The maximum atomic E-state index is 14.6. The maximum absolute atomic E-state index is 14.6. The predicted molar refractivity (Wildman–Crippen MR) is 116 cm³/mol. The van der Waals surface area contributed by atoms with Gasteiger partial charge in [-0.05, 0) is 56.5 Å². The molecule has 29 heavy (non-hydrogen) atoms. The third-order valence-corrected chi connectivity index (χ3v) is 6.08. The van der Waals surface area contributed by atoms with E-state index in [1.165, 1.54) is 6.92 Å². The van der Waals surface area contributed by atoms with Gasteiger partial charge in [0.2, 0.25) is 0 Å². The number of unbranched alkanes of at least 4 members (excludes halogenated alkanes) is 2. The summed E-state index contributed by atoms with van der Waals surface area (Å²) in [7, 11) is 0. The van der Waals surface area contributed by atoms with E-state index in [0.717, 1.165) is 22.7 Å². The molecular formula is C21H26Br2F3NO2. The lowest BCUT2D eigenvalue weighted by Crippen LogP contribution is -2.16. The molecule has 0 saturated heterocycles. The highest BCUT2D eigenvalue weighted by molar-refractivity contribution is 9.28. The summed E-state index contributed by atoms with van der Waals surface area (Å²) in [6, 6.07) is 0. The highest BCUT2D eigenvalue weighted by atomic mass is 79.9. The number of ether oxygens (including phenoxy) is 1. The van der Waals surface area contributed by atoms with Crippen LogP contribution in [0.2, 0.25) is 0 Å². The smallest absolute Gasteiger partial charge is 0.310 e. The Kier molecular flexibility index (Phi) is 8.24. The van der Waals surface area contributed by atoms with Gasteiger partial charge >= 0.3 is 5.97 Å². The zero-order valence-corrected chi connectivity index (χ0v) is 20.1. The zero-order valence-electron chi connectivity index (χ0n) is 17.0. The second-order valence-electron chi connectivity index (χ2n) is 7.94. The summed E-state index contributed by atoms with van der Waals surface area (Å²) in [6.45, 7) is 6.95. The fraction of sp³-hybridized carbons (Fsp3) is 0.571. The third-order valence-electron chi connectivity index (χ3n) is 5.55. The van der Waals surface area contributed by atoms with Crippen LogP contribution in [0.5, 0.6) is 0 Å². The van der Waals surface area contributed by atoms with Crippen LogP contribution in [-0.2, 0) is 16.1 Å². The molecular weight excluding hydrogens is 515 g/mol. The van der Waals surface area contributed by atoms with Crippen molar-refractivity contribution in [1.82, 2.24) is 0 Å². The van der Waals surface area contributed by atoms with E-state index >= 15 is 0 Å². The molecule has 1 aromatic rings. The van der Waals surface area contributed by atoms with Gasteiger partial charge in [0.15, 0.2) is 17.5 Å². The molecule has 162 valence electrons. The average Bonchev–Trinajstić information content (AvgIpc) is 3.19. The number of allylic oxidation sites excluding steroid dienone is 1. The van der Waals surface area contributed by atoms with E-state index in [1.807, 2.05) is 26.8 Å². The summed E-state index contributed by atoms with van der Waals surface area (Å²) in [4.78, 5) is 12.5. The van der Waals surface area contributed by atoms with Gasteiger partial charge in [0, 0.05) is 12.1 Å². The summed E-state index contributed by atoms with van der Waals surface area (Å²) in [5, 5.41) is 2.85. The fourth-order valence-corrected chi connectivity index (χ4v) is 4.11. The van der Waals surface area contributed by atoms with Crippen molar-refractivity contribution in [2.75, 3.05) is 11.9 Å². The van der Waals surface area contributed by atoms with Crippen LogP contribution in [0.3, 0.4) is 0 Å². The molecule has 0 aliphatic heterocycles. The number of hydrogen-bond donors (Lipinski definition) is 1. The van der Waals surface area contributed by atoms with Crippen LogP contribution < -0.4 is 5.32 Å². The first-order chi connectivity index (χ1) is 13.5. The van der Waals surface area contributed by atoms with Crippen molar-refractivity contribution in [2.45, 2.75) is 53.6 Å². The van der Waals surface area contributed by atoms with Crippen LogP contribution in [0.25, 0.3) is 0 Å². The summed E-state index contributed by atoms with van der Waals surface area (Å²) in [5.74, 6) is -4.28. The Morgan fingerprint density at radius 1 is 1.17 bits per heavy atom. The van der Waals surface area contributed by atoms with Crippen LogP contribution in [-0.4, -0.2) is 12.5 Å². The number of halogens is 5. The Bertz CT molecular complexity index is 808. The predicted octanol–water partition coefficient (Wildman–Crippen LogP) is 6.96. The van der Waals surface area contributed by atoms with E-state index in [0.29, 0.717) is 6.54 Å². The molecule has 1 aliphatic carbocycles. The van der Waals surface area contributed by atoms with Crippen LogP contribution in [0, 0.1) is 41.6 Å². The number of nitrogens with one attached hydrogen (secondary N) is 1. The van der Waals surface area contributed by atoms with E-state index in [2.05, 4.69) is 37.2 Å². The summed E-state index contributed by atoms with van der Waals surface area (Å²) < 4.78 is 49.3. The molecule has 0 unspecified atom stereocenters. The molecule has 0 bridgehead atoms. The first kappa shape index (κ1) is 24.3. The Hall–Kier alpha value is -1.02. The standard InChI is InChI=1S/C21H26Br2F3NO2/c1-5-6-7-8-27-19-12(18(26)16(24)11(2)17(19)25)10-29-20(28)15-13(9-14(22)23)21(15,3)4/h9,13,15,27H,5-8,10H2,1-4H3/t13-,15-/m0/s1. The fourth-order valence-electron chi connectivity index (χ4n) is 3.54. The molecule has 1 aliphatic rings. The molecule has 2 rings (SSSR count). The lowest BCUT2D eigenvalue weighted by atomic mass is 10.1. The molecule has 2 atom stereocenters. The molecule has 1 N–H and O–H groups in total. The minimum atomic E-state index is -1.26. The number of esters is 1. The topological polar surface area (TPSA) is 38.3 Å². The zero-order chi connectivity index (χ0) is 21.9. The van der Waals surface area contributed by atoms with Gasteiger partial charge in [-0.15, -0.1) is 0 Å². The number of rotatable bonds is 9. The third kappa shape index (κ3) is 5.37. The minimum absolute atomic E-state index is 0.0493. The van der Waals surface area contributed by atoms with Crippen molar-refractivity contribution in [3.8, 4) is 0 Å². The first-order valence-electron chi connectivity index (χ1n) is 9.63. The van der Waals surface area contributed by atoms with Crippen molar-refractivity contribution in [3.05, 3.63) is 38.0 Å². The van der Waals surface area contributed by atoms with E-state index in [4.69, 9.17) is 4.74 Å². The van der Waals surface area contributed by atoms with Crippen LogP contribution in [0.1, 0.15) is 51.2 Å². The van der Waals surface area contributed by atoms with E-state index < -0.39 is 41.5 Å². The lowest BCUT2D eigenvalue weighted by molar-refractivity contribution is -0.147. The normalized spacial score (nSPS) is 19.6. The lowest BCUT2D eigenvalue weighted by Gasteiger charge is -2.17. The largest absolute Gasteiger partial charge is 0.460 e. The van der Waals surface area contributed by atoms with Crippen molar-refractivity contribution in [1.29, 1.82) is 0 Å². The number of benzene rings is 1. The van der Waals surface area contributed by atoms with Gasteiger partial charge in [-0.2, -0.15) is 0 Å². The van der Waals surface area contributed by atoms with Gasteiger partial charge in [-0.25, -0.2) is 13.2 Å². The second-order valence-corrected chi connectivity index (χ2v) is 10.7. The summed E-state index contributed by atoms with van der Waals surface area (Å²) in [6.07, 6.45) is 4.52. The Morgan fingerprint density at radius 2 is 1.83 bits per heavy atom. The van der Waals surface area contributed by atoms with E-state index in [9.17, 15) is 18.0 Å². The van der Waals surface area contributed by atoms with Crippen molar-refractivity contribution < 1.29 is 22.7 Å². The Balaban J connectivity index is 2.19. The van der Waals surface area contributed by atoms with Gasteiger partial charge in [-0.1, -0.05) is 39.7 Å². The number of hydrogen-bond acceptors (Lipinski definition) is 3. The molecule has 1 fully saturated rings. The van der Waals surface area contributed by atoms with Gasteiger partial charge in [0.05, 0.1) is 20.6 Å². The van der Waals surface area contributed by atoms with E-state index in [1.54, 1.807) is 0 Å². The molecule has 0 radical (unpaired) electrons. The molecule has 0 heterocycles. The van der Waals surface area contributed by atoms with Crippen LogP contribution in [0.4, 0.5) is 18.9 Å². The number of carbonyl (C=O) groups excluding carboxylic acids is 1. The van der Waals surface area contributed by atoms with Crippen LogP contribution >= 0.6 is 31.9 Å².